The van der Waals surface area contributed by atoms with Gasteiger partial charge in [-0.3, -0.25) is 4.90 Å². The summed E-state index contributed by atoms with van der Waals surface area (Å²) in [6.07, 6.45) is 11.4. The van der Waals surface area contributed by atoms with Crippen molar-refractivity contribution in [2.75, 3.05) is 13.1 Å². The van der Waals surface area contributed by atoms with E-state index in [4.69, 9.17) is 0 Å². The molecule has 2 atom stereocenters. The normalized spacial score (nSPS) is 28.9. The molecule has 0 bridgehead atoms. The summed E-state index contributed by atoms with van der Waals surface area (Å²) in [5, 5.41) is 3.78. The van der Waals surface area contributed by atoms with Crippen LogP contribution in [0.2, 0.25) is 0 Å². The predicted octanol–water partition coefficient (Wildman–Crippen LogP) is 3.81. The van der Waals surface area contributed by atoms with E-state index in [1.165, 1.54) is 57.9 Å². The Morgan fingerprint density at radius 3 is 2.42 bits per heavy atom. The lowest BCUT2D eigenvalue weighted by molar-refractivity contribution is 0.133. The summed E-state index contributed by atoms with van der Waals surface area (Å²) in [4.78, 5) is 2.89. The third-order valence-corrected chi connectivity index (χ3v) is 4.85. The monoisotopic (exact) mass is 266 g/mol. The van der Waals surface area contributed by atoms with Crippen molar-refractivity contribution in [3.05, 3.63) is 0 Å². The second-order valence-electron chi connectivity index (χ2n) is 7.02. The molecule has 0 aromatic rings. The molecule has 0 radical (unpaired) electrons. The van der Waals surface area contributed by atoms with Gasteiger partial charge in [0.1, 0.15) is 0 Å². The van der Waals surface area contributed by atoms with Crippen LogP contribution in [-0.4, -0.2) is 36.1 Å². The van der Waals surface area contributed by atoms with Crippen LogP contribution in [0.25, 0.3) is 0 Å². The highest BCUT2D eigenvalue weighted by Crippen LogP contribution is 2.33. The van der Waals surface area contributed by atoms with E-state index < -0.39 is 0 Å². The molecule has 19 heavy (non-hydrogen) atoms. The molecule has 2 aliphatic rings. The van der Waals surface area contributed by atoms with Crippen molar-refractivity contribution in [2.24, 2.45) is 5.92 Å². The van der Waals surface area contributed by atoms with Gasteiger partial charge in [-0.05, 0) is 51.1 Å². The first-order valence-corrected chi connectivity index (χ1v) is 8.71. The molecule has 2 saturated carbocycles. The zero-order valence-electron chi connectivity index (χ0n) is 13.3. The lowest BCUT2D eigenvalue weighted by Gasteiger charge is -2.37. The predicted molar refractivity (Wildman–Crippen MR) is 83.5 cm³/mol. The number of nitrogens with zero attached hydrogens (tertiary/aromatic N) is 1. The lowest BCUT2D eigenvalue weighted by Crippen LogP contribution is -2.51. The maximum absolute atomic E-state index is 3.78. The molecule has 112 valence electrons. The van der Waals surface area contributed by atoms with Crippen molar-refractivity contribution in [3.8, 4) is 0 Å². The minimum Gasteiger partial charge on any atom is -0.313 e. The highest BCUT2D eigenvalue weighted by atomic mass is 15.2. The average Bonchev–Trinajstić information content (AvgIpc) is 3.18. The molecule has 0 amide bonds. The zero-order chi connectivity index (χ0) is 13.7. The van der Waals surface area contributed by atoms with E-state index >= 15 is 0 Å². The largest absolute Gasteiger partial charge is 0.313 e. The Morgan fingerprint density at radius 2 is 1.79 bits per heavy atom. The van der Waals surface area contributed by atoms with Gasteiger partial charge in [-0.1, -0.05) is 40.0 Å². The molecule has 0 spiro atoms. The Morgan fingerprint density at radius 1 is 1.05 bits per heavy atom. The summed E-state index contributed by atoms with van der Waals surface area (Å²) in [5.74, 6) is 0.838. The molecule has 0 heterocycles. The second kappa shape index (κ2) is 7.64. The van der Waals surface area contributed by atoms with Crippen molar-refractivity contribution in [3.63, 3.8) is 0 Å². The molecule has 2 aliphatic carbocycles. The van der Waals surface area contributed by atoms with Crippen LogP contribution in [0.1, 0.15) is 72.1 Å². The van der Waals surface area contributed by atoms with Crippen LogP contribution in [-0.2, 0) is 0 Å². The molecule has 2 rings (SSSR count). The summed E-state index contributed by atoms with van der Waals surface area (Å²) >= 11 is 0. The van der Waals surface area contributed by atoms with E-state index in [0.717, 1.165) is 30.6 Å². The van der Waals surface area contributed by atoms with Crippen LogP contribution in [0.15, 0.2) is 0 Å². The molecular formula is C17H34N2. The molecular weight excluding hydrogens is 232 g/mol. The average molecular weight is 266 g/mol. The summed E-state index contributed by atoms with van der Waals surface area (Å²) in [5.41, 5.74) is 0. The molecule has 2 nitrogen and oxygen atoms in total. The van der Waals surface area contributed by atoms with Gasteiger partial charge >= 0.3 is 0 Å². The number of hydrogen-bond acceptors (Lipinski definition) is 2. The molecule has 0 aromatic heterocycles. The Balaban J connectivity index is 1.98. The second-order valence-corrected chi connectivity index (χ2v) is 7.02. The van der Waals surface area contributed by atoms with E-state index in [-0.39, 0.29) is 0 Å². The topological polar surface area (TPSA) is 15.3 Å². The molecule has 0 aromatic carbocycles. The van der Waals surface area contributed by atoms with Gasteiger partial charge in [0.15, 0.2) is 0 Å². The highest BCUT2D eigenvalue weighted by Gasteiger charge is 2.37. The molecule has 1 N–H and O–H groups in total. The first-order chi connectivity index (χ1) is 9.22. The third kappa shape index (κ3) is 4.75. The van der Waals surface area contributed by atoms with Gasteiger partial charge < -0.3 is 5.32 Å². The van der Waals surface area contributed by atoms with E-state index in [1.54, 1.807) is 0 Å². The molecule has 0 aliphatic heterocycles. The van der Waals surface area contributed by atoms with E-state index in [1.807, 2.05) is 0 Å². The van der Waals surface area contributed by atoms with E-state index in [0.29, 0.717) is 0 Å². The molecule has 0 saturated heterocycles. The van der Waals surface area contributed by atoms with Crippen molar-refractivity contribution in [1.82, 2.24) is 10.2 Å². The van der Waals surface area contributed by atoms with Crippen molar-refractivity contribution < 1.29 is 0 Å². The van der Waals surface area contributed by atoms with Crippen LogP contribution < -0.4 is 5.32 Å². The fourth-order valence-corrected chi connectivity index (χ4v) is 3.62. The summed E-state index contributed by atoms with van der Waals surface area (Å²) in [6.45, 7) is 9.44. The minimum atomic E-state index is 0.750. The SMILES string of the molecule is CCNC1CCCCCC1N(CCC(C)C)C1CC1. The van der Waals surface area contributed by atoms with Gasteiger partial charge in [0.2, 0.25) is 0 Å². The summed E-state index contributed by atoms with van der Waals surface area (Å²) < 4.78 is 0. The quantitative estimate of drug-likeness (QED) is 0.705. The minimum absolute atomic E-state index is 0.750. The smallest absolute Gasteiger partial charge is 0.0252 e. The fraction of sp³-hybridized carbons (Fsp3) is 1.00. The molecule has 2 unspecified atom stereocenters. The number of rotatable bonds is 7. The Bertz CT molecular complexity index is 248. The molecule has 2 fully saturated rings. The Hall–Kier alpha value is -0.0800. The van der Waals surface area contributed by atoms with Gasteiger partial charge in [-0.2, -0.15) is 0 Å². The maximum atomic E-state index is 3.78. The maximum Gasteiger partial charge on any atom is 0.0252 e. The Labute approximate surface area is 120 Å². The molecule has 2 heteroatoms. The van der Waals surface area contributed by atoms with Gasteiger partial charge in [-0.15, -0.1) is 0 Å². The van der Waals surface area contributed by atoms with E-state index in [2.05, 4.69) is 31.0 Å². The number of hydrogen-bond donors (Lipinski definition) is 1. The van der Waals surface area contributed by atoms with Crippen LogP contribution in [0, 0.1) is 5.92 Å². The highest BCUT2D eigenvalue weighted by molar-refractivity contribution is 4.94. The van der Waals surface area contributed by atoms with Crippen LogP contribution in [0.3, 0.4) is 0 Å². The number of likely N-dealkylation sites (N-methyl/N-ethyl adjacent to an activating group) is 1. The van der Waals surface area contributed by atoms with Crippen LogP contribution >= 0.6 is 0 Å². The van der Waals surface area contributed by atoms with Crippen molar-refractivity contribution >= 4 is 0 Å². The van der Waals surface area contributed by atoms with Gasteiger partial charge in [0.25, 0.3) is 0 Å². The first kappa shape index (κ1) is 15.3. The van der Waals surface area contributed by atoms with Crippen LogP contribution in [0.5, 0.6) is 0 Å². The first-order valence-electron chi connectivity index (χ1n) is 8.71. The standard InChI is InChI=1S/C17H34N2/c1-4-18-16-8-6-5-7-9-17(16)19(15-10-11-15)13-12-14(2)3/h14-18H,4-13H2,1-3H3. The summed E-state index contributed by atoms with van der Waals surface area (Å²) in [6, 6.07) is 2.48. The van der Waals surface area contributed by atoms with E-state index in [9.17, 15) is 0 Å². The third-order valence-electron chi connectivity index (χ3n) is 4.85. The van der Waals surface area contributed by atoms with Crippen molar-refractivity contribution in [1.29, 1.82) is 0 Å². The zero-order valence-corrected chi connectivity index (χ0v) is 13.3. The van der Waals surface area contributed by atoms with Gasteiger partial charge in [-0.25, -0.2) is 0 Å². The van der Waals surface area contributed by atoms with Gasteiger partial charge in [0.05, 0.1) is 0 Å². The summed E-state index contributed by atoms with van der Waals surface area (Å²) in [7, 11) is 0. The van der Waals surface area contributed by atoms with Crippen LogP contribution in [0.4, 0.5) is 0 Å². The lowest BCUT2D eigenvalue weighted by atomic mass is 9.99. The fourth-order valence-electron chi connectivity index (χ4n) is 3.62. The Kier molecular flexibility index (Phi) is 6.15. The van der Waals surface area contributed by atoms with Gasteiger partial charge in [0, 0.05) is 18.1 Å². The van der Waals surface area contributed by atoms with Crippen molar-refractivity contribution in [2.45, 2.75) is 90.3 Å². The number of nitrogens with one attached hydrogen (secondary N) is 1.